The van der Waals surface area contributed by atoms with Crippen molar-refractivity contribution in [2.75, 3.05) is 16.2 Å². The summed E-state index contributed by atoms with van der Waals surface area (Å²) >= 11 is 5.97. The molecular formula is C17H16ClF3N2O3S. The molecule has 5 nitrogen and oxygen atoms in total. The Morgan fingerprint density at radius 3 is 2.22 bits per heavy atom. The van der Waals surface area contributed by atoms with E-state index in [2.05, 4.69) is 5.32 Å². The summed E-state index contributed by atoms with van der Waals surface area (Å²) in [5.41, 5.74) is -0.877. The third-order valence-electron chi connectivity index (χ3n) is 3.59. The van der Waals surface area contributed by atoms with Crippen LogP contribution in [0.2, 0.25) is 5.02 Å². The van der Waals surface area contributed by atoms with Crippen molar-refractivity contribution < 1.29 is 26.4 Å². The molecule has 0 aromatic heterocycles. The van der Waals surface area contributed by atoms with Gasteiger partial charge >= 0.3 is 6.18 Å². The van der Waals surface area contributed by atoms with Crippen LogP contribution in [0.5, 0.6) is 0 Å². The summed E-state index contributed by atoms with van der Waals surface area (Å²) in [5, 5.41) is 2.38. The van der Waals surface area contributed by atoms with Crippen LogP contribution in [-0.2, 0) is 21.0 Å². The first kappa shape index (κ1) is 21.0. The summed E-state index contributed by atoms with van der Waals surface area (Å²) in [5.74, 6) is -0.323. The van der Waals surface area contributed by atoms with E-state index in [1.807, 2.05) is 0 Å². The normalized spacial score (nSPS) is 11.9. The first-order valence-corrected chi connectivity index (χ1v) is 9.55. The lowest BCUT2D eigenvalue weighted by molar-refractivity contribution is -0.137. The maximum absolute atomic E-state index is 13.0. The van der Waals surface area contributed by atoms with E-state index in [1.165, 1.54) is 38.1 Å². The Kier molecular flexibility index (Phi) is 6.06. The SMILES string of the molecule is CCN(c1cc(C(F)(F)F)ccc1Cl)S(=O)(=O)c1ccc(NC(C)=O)cc1. The lowest BCUT2D eigenvalue weighted by Gasteiger charge is -2.25. The van der Waals surface area contributed by atoms with E-state index in [1.54, 1.807) is 0 Å². The Morgan fingerprint density at radius 1 is 1.15 bits per heavy atom. The summed E-state index contributed by atoms with van der Waals surface area (Å²) in [6.07, 6.45) is -4.64. The molecule has 0 saturated carbocycles. The summed E-state index contributed by atoms with van der Waals surface area (Å²) in [7, 11) is -4.17. The van der Waals surface area contributed by atoms with Gasteiger partial charge in [-0.3, -0.25) is 9.10 Å². The zero-order valence-corrected chi connectivity index (χ0v) is 15.9. The van der Waals surface area contributed by atoms with Crippen LogP contribution in [0.4, 0.5) is 24.5 Å². The van der Waals surface area contributed by atoms with Gasteiger partial charge in [-0.15, -0.1) is 0 Å². The van der Waals surface area contributed by atoms with Gasteiger partial charge in [0.2, 0.25) is 5.91 Å². The number of sulfonamides is 1. The first-order chi connectivity index (χ1) is 12.5. The molecule has 0 bridgehead atoms. The molecule has 0 aliphatic heterocycles. The van der Waals surface area contributed by atoms with E-state index in [4.69, 9.17) is 11.6 Å². The second kappa shape index (κ2) is 7.77. The van der Waals surface area contributed by atoms with Crippen molar-refractivity contribution in [3.63, 3.8) is 0 Å². The smallest absolute Gasteiger partial charge is 0.326 e. The molecule has 0 fully saturated rings. The molecule has 10 heteroatoms. The lowest BCUT2D eigenvalue weighted by Crippen LogP contribution is -2.31. The molecule has 0 heterocycles. The van der Waals surface area contributed by atoms with Crippen molar-refractivity contribution in [1.29, 1.82) is 0 Å². The Morgan fingerprint density at radius 2 is 1.74 bits per heavy atom. The molecule has 0 radical (unpaired) electrons. The highest BCUT2D eigenvalue weighted by atomic mass is 35.5. The highest BCUT2D eigenvalue weighted by Crippen LogP contribution is 2.37. The fourth-order valence-corrected chi connectivity index (χ4v) is 4.14. The third-order valence-corrected chi connectivity index (χ3v) is 5.81. The van der Waals surface area contributed by atoms with Crippen molar-refractivity contribution >= 4 is 38.9 Å². The van der Waals surface area contributed by atoms with E-state index in [9.17, 15) is 26.4 Å². The number of hydrogen-bond acceptors (Lipinski definition) is 3. The summed E-state index contributed by atoms with van der Waals surface area (Å²) in [6, 6.07) is 7.78. The molecule has 0 aliphatic rings. The predicted octanol–water partition coefficient (Wildman–Crippen LogP) is 4.53. The van der Waals surface area contributed by atoms with E-state index in [0.717, 1.165) is 16.4 Å². The number of alkyl halides is 3. The van der Waals surface area contributed by atoms with Gasteiger partial charge in [0.1, 0.15) is 0 Å². The van der Waals surface area contributed by atoms with E-state index in [0.29, 0.717) is 11.8 Å². The van der Waals surface area contributed by atoms with E-state index in [-0.39, 0.29) is 28.1 Å². The average molecular weight is 421 g/mol. The highest BCUT2D eigenvalue weighted by Gasteiger charge is 2.33. The van der Waals surface area contributed by atoms with Gasteiger partial charge in [0.05, 0.1) is 21.2 Å². The third kappa shape index (κ3) is 4.72. The molecular weight excluding hydrogens is 405 g/mol. The minimum absolute atomic E-state index is 0.122. The highest BCUT2D eigenvalue weighted by molar-refractivity contribution is 7.92. The molecule has 27 heavy (non-hydrogen) atoms. The number of nitrogens with zero attached hydrogens (tertiary/aromatic N) is 1. The van der Waals surface area contributed by atoms with Gasteiger partial charge in [0.25, 0.3) is 10.0 Å². The Bertz CT molecular complexity index is 945. The number of hydrogen-bond donors (Lipinski definition) is 1. The molecule has 146 valence electrons. The number of halogens is 4. The molecule has 0 saturated heterocycles. The first-order valence-electron chi connectivity index (χ1n) is 7.74. The zero-order chi connectivity index (χ0) is 20.4. The van der Waals surface area contributed by atoms with Crippen LogP contribution >= 0.6 is 11.6 Å². The lowest BCUT2D eigenvalue weighted by atomic mass is 10.2. The van der Waals surface area contributed by atoms with Gasteiger partial charge in [0.15, 0.2) is 0 Å². The number of benzene rings is 2. The van der Waals surface area contributed by atoms with Gasteiger partial charge in [-0.2, -0.15) is 13.2 Å². The molecule has 2 rings (SSSR count). The second-order valence-electron chi connectivity index (χ2n) is 5.54. The summed E-state index contributed by atoms with van der Waals surface area (Å²) in [6.45, 7) is 2.66. The summed E-state index contributed by atoms with van der Waals surface area (Å²) in [4.78, 5) is 10.9. The number of amides is 1. The molecule has 0 unspecified atom stereocenters. The minimum Gasteiger partial charge on any atom is -0.326 e. The quantitative estimate of drug-likeness (QED) is 0.772. The molecule has 2 aromatic carbocycles. The average Bonchev–Trinajstić information content (AvgIpc) is 2.56. The minimum atomic E-state index is -4.64. The van der Waals surface area contributed by atoms with E-state index < -0.39 is 21.8 Å². The number of nitrogens with one attached hydrogen (secondary N) is 1. The maximum atomic E-state index is 13.0. The Hall–Kier alpha value is -2.26. The van der Waals surface area contributed by atoms with Gasteiger partial charge in [-0.05, 0) is 49.4 Å². The molecule has 2 aromatic rings. The number of rotatable bonds is 5. The Balaban J connectivity index is 2.48. The molecule has 1 amide bonds. The van der Waals surface area contributed by atoms with E-state index >= 15 is 0 Å². The fourth-order valence-electron chi connectivity index (χ4n) is 2.39. The van der Waals surface area contributed by atoms with Gasteiger partial charge in [-0.25, -0.2) is 8.42 Å². The van der Waals surface area contributed by atoms with Crippen LogP contribution in [0.15, 0.2) is 47.4 Å². The largest absolute Gasteiger partial charge is 0.416 e. The van der Waals surface area contributed by atoms with Crippen LogP contribution < -0.4 is 9.62 Å². The van der Waals surface area contributed by atoms with Crippen LogP contribution in [0.25, 0.3) is 0 Å². The zero-order valence-electron chi connectivity index (χ0n) is 14.3. The van der Waals surface area contributed by atoms with Crippen molar-refractivity contribution in [1.82, 2.24) is 0 Å². The van der Waals surface area contributed by atoms with Gasteiger partial charge in [-0.1, -0.05) is 11.6 Å². The van der Waals surface area contributed by atoms with Crippen molar-refractivity contribution in [3.8, 4) is 0 Å². The van der Waals surface area contributed by atoms with Crippen LogP contribution in [0.1, 0.15) is 19.4 Å². The molecule has 0 spiro atoms. The van der Waals surface area contributed by atoms with Gasteiger partial charge < -0.3 is 5.32 Å². The maximum Gasteiger partial charge on any atom is 0.416 e. The van der Waals surface area contributed by atoms with Crippen molar-refractivity contribution in [2.45, 2.75) is 24.9 Å². The van der Waals surface area contributed by atoms with Crippen LogP contribution in [-0.4, -0.2) is 20.9 Å². The predicted molar refractivity (Wildman–Crippen MR) is 97.4 cm³/mol. The molecule has 0 aliphatic carbocycles. The number of carbonyl (C=O) groups excluding carboxylic acids is 1. The number of carbonyl (C=O) groups is 1. The number of anilines is 2. The van der Waals surface area contributed by atoms with Crippen molar-refractivity contribution in [2.24, 2.45) is 0 Å². The van der Waals surface area contributed by atoms with Crippen LogP contribution in [0, 0.1) is 0 Å². The topological polar surface area (TPSA) is 66.5 Å². The molecule has 1 N–H and O–H groups in total. The standard InChI is InChI=1S/C17H16ClF3N2O3S/c1-3-23(16-10-12(17(19,20)21)4-9-15(16)18)27(25,26)14-7-5-13(6-8-14)22-11(2)24/h4-10H,3H2,1-2H3,(H,22,24). The second-order valence-corrected chi connectivity index (χ2v) is 7.81. The molecule has 0 atom stereocenters. The van der Waals surface area contributed by atoms with Crippen LogP contribution in [0.3, 0.4) is 0 Å². The monoisotopic (exact) mass is 420 g/mol. The van der Waals surface area contributed by atoms with Crippen molar-refractivity contribution in [3.05, 3.63) is 53.1 Å². The summed E-state index contributed by atoms with van der Waals surface area (Å²) < 4.78 is 65.6. The van der Waals surface area contributed by atoms with Gasteiger partial charge in [0, 0.05) is 19.2 Å². The Labute approximate surface area is 159 Å². The fraction of sp³-hybridized carbons (Fsp3) is 0.235.